The third-order valence-corrected chi connectivity index (χ3v) is 4.33. The van der Waals surface area contributed by atoms with Crippen LogP contribution in [0, 0.1) is 6.92 Å². The molecule has 136 valence electrons. The predicted octanol–water partition coefficient (Wildman–Crippen LogP) is 5.63. The Morgan fingerprint density at radius 2 is 1.78 bits per heavy atom. The van der Waals surface area contributed by atoms with Gasteiger partial charge in [0.05, 0.1) is 18.4 Å². The lowest BCUT2D eigenvalue weighted by atomic mass is 10.2. The molecule has 0 aromatic heterocycles. The number of rotatable bonds is 5. The maximum absolute atomic E-state index is 12.2. The van der Waals surface area contributed by atoms with Crippen LogP contribution in [-0.2, 0) is 0 Å². The van der Waals surface area contributed by atoms with E-state index in [0.717, 1.165) is 16.8 Å². The highest BCUT2D eigenvalue weighted by Crippen LogP contribution is 2.29. The van der Waals surface area contributed by atoms with E-state index >= 15 is 0 Å². The molecule has 0 aliphatic carbocycles. The second kappa shape index (κ2) is 8.52. The monoisotopic (exact) mass is 379 g/mol. The number of aliphatic imine (C=N–C) groups is 1. The summed E-state index contributed by atoms with van der Waals surface area (Å²) in [5.41, 5.74) is 3.04. The van der Waals surface area contributed by atoms with Gasteiger partial charge in [-0.15, -0.1) is 0 Å². The highest BCUT2D eigenvalue weighted by atomic mass is 35.5. The van der Waals surface area contributed by atoms with Crippen LogP contribution in [0.2, 0.25) is 5.02 Å². The van der Waals surface area contributed by atoms with Gasteiger partial charge in [-0.25, -0.2) is 4.79 Å². The lowest BCUT2D eigenvalue weighted by molar-refractivity contribution is 0.0729. The number of halogens is 1. The number of methoxy groups -OCH3 is 1. The van der Waals surface area contributed by atoms with Gasteiger partial charge in [0, 0.05) is 11.2 Å². The molecule has 0 N–H and O–H groups in total. The first-order valence-corrected chi connectivity index (χ1v) is 8.70. The van der Waals surface area contributed by atoms with Crippen molar-refractivity contribution in [2.75, 3.05) is 7.11 Å². The number of benzene rings is 3. The van der Waals surface area contributed by atoms with Crippen molar-refractivity contribution in [3.05, 3.63) is 88.4 Å². The molecule has 3 rings (SSSR count). The lowest BCUT2D eigenvalue weighted by Gasteiger charge is -2.10. The van der Waals surface area contributed by atoms with Gasteiger partial charge in [-0.2, -0.15) is 0 Å². The molecule has 0 aliphatic heterocycles. The van der Waals surface area contributed by atoms with Crippen LogP contribution in [0.15, 0.2) is 71.7 Å². The molecule has 0 spiro atoms. The first-order valence-electron chi connectivity index (χ1n) is 8.32. The summed E-state index contributed by atoms with van der Waals surface area (Å²) >= 11 is 6.12. The summed E-state index contributed by atoms with van der Waals surface area (Å²) < 4.78 is 10.8. The molecule has 3 aromatic carbocycles. The van der Waals surface area contributed by atoms with Crippen molar-refractivity contribution in [2.24, 2.45) is 4.99 Å². The van der Waals surface area contributed by atoms with E-state index in [1.165, 1.54) is 7.11 Å². The maximum Gasteiger partial charge on any atom is 0.343 e. The number of aryl methyl sites for hydroxylation is 1. The zero-order valence-electron chi connectivity index (χ0n) is 15.0. The third-order valence-electron chi connectivity index (χ3n) is 3.92. The van der Waals surface area contributed by atoms with Crippen LogP contribution in [-0.4, -0.2) is 19.3 Å². The molecule has 5 heteroatoms. The molecule has 0 radical (unpaired) electrons. The van der Waals surface area contributed by atoms with E-state index in [1.807, 2.05) is 25.1 Å². The lowest BCUT2D eigenvalue weighted by Crippen LogP contribution is -2.09. The molecule has 0 atom stereocenters. The van der Waals surface area contributed by atoms with E-state index in [9.17, 15) is 4.79 Å². The van der Waals surface area contributed by atoms with Crippen molar-refractivity contribution in [2.45, 2.75) is 6.92 Å². The van der Waals surface area contributed by atoms with Gasteiger partial charge in [0.15, 0.2) is 11.5 Å². The molecule has 3 aromatic rings. The van der Waals surface area contributed by atoms with Crippen molar-refractivity contribution >= 4 is 29.5 Å². The summed E-state index contributed by atoms with van der Waals surface area (Å²) in [6.45, 7) is 1.94. The summed E-state index contributed by atoms with van der Waals surface area (Å²) in [5.74, 6) is 0.358. The summed E-state index contributed by atoms with van der Waals surface area (Å²) in [7, 11) is 1.52. The number of carbonyl (C=O) groups excluding carboxylic acids is 1. The van der Waals surface area contributed by atoms with Crippen LogP contribution in [0.4, 0.5) is 5.69 Å². The van der Waals surface area contributed by atoms with Crippen LogP contribution >= 0.6 is 11.6 Å². The zero-order valence-corrected chi connectivity index (χ0v) is 15.7. The van der Waals surface area contributed by atoms with Crippen LogP contribution < -0.4 is 9.47 Å². The Morgan fingerprint density at radius 3 is 2.48 bits per heavy atom. The van der Waals surface area contributed by atoms with Crippen molar-refractivity contribution in [1.29, 1.82) is 0 Å². The van der Waals surface area contributed by atoms with Gasteiger partial charge in [-0.1, -0.05) is 35.9 Å². The highest BCUT2D eigenvalue weighted by Gasteiger charge is 2.12. The molecule has 0 fully saturated rings. The number of nitrogens with zero attached hydrogens (tertiary/aromatic N) is 1. The number of esters is 1. The Hall–Kier alpha value is -3.11. The molecule has 4 nitrogen and oxygen atoms in total. The van der Waals surface area contributed by atoms with Gasteiger partial charge in [0.25, 0.3) is 0 Å². The minimum absolute atomic E-state index is 0.349. The van der Waals surface area contributed by atoms with Gasteiger partial charge in [-0.05, 0) is 60.5 Å². The van der Waals surface area contributed by atoms with Crippen molar-refractivity contribution in [1.82, 2.24) is 0 Å². The van der Waals surface area contributed by atoms with E-state index in [1.54, 1.807) is 54.7 Å². The second-order valence-corrected chi connectivity index (χ2v) is 6.26. The smallest absolute Gasteiger partial charge is 0.343 e. The van der Waals surface area contributed by atoms with Crippen LogP contribution in [0.25, 0.3) is 0 Å². The van der Waals surface area contributed by atoms with Gasteiger partial charge >= 0.3 is 5.97 Å². The van der Waals surface area contributed by atoms with E-state index in [2.05, 4.69) is 4.99 Å². The van der Waals surface area contributed by atoms with Crippen molar-refractivity contribution in [3.63, 3.8) is 0 Å². The molecule has 0 saturated carbocycles. The average Bonchev–Trinajstić information content (AvgIpc) is 2.70. The number of carbonyl (C=O) groups is 1. The minimum Gasteiger partial charge on any atom is -0.493 e. The highest BCUT2D eigenvalue weighted by molar-refractivity contribution is 6.31. The van der Waals surface area contributed by atoms with E-state index < -0.39 is 5.97 Å². The van der Waals surface area contributed by atoms with Crippen LogP contribution in [0.3, 0.4) is 0 Å². The zero-order chi connectivity index (χ0) is 19.2. The molecule has 0 unspecified atom stereocenters. The predicted molar refractivity (Wildman–Crippen MR) is 108 cm³/mol. The van der Waals surface area contributed by atoms with E-state index in [4.69, 9.17) is 21.1 Å². The Bertz CT molecular complexity index is 984. The fraction of sp³-hybridized carbons (Fsp3) is 0.0909. The molecule has 0 saturated heterocycles. The first-order chi connectivity index (χ1) is 13.1. The SMILES string of the molecule is COc1cc(C=Nc2ccc(C)c(Cl)c2)ccc1OC(=O)c1ccccc1. The number of hydrogen-bond donors (Lipinski definition) is 0. The summed E-state index contributed by atoms with van der Waals surface area (Å²) in [4.78, 5) is 16.6. The second-order valence-electron chi connectivity index (χ2n) is 5.86. The summed E-state index contributed by atoms with van der Waals surface area (Å²) in [6.07, 6.45) is 1.70. The molecule has 27 heavy (non-hydrogen) atoms. The maximum atomic E-state index is 12.2. The number of hydrogen-bond acceptors (Lipinski definition) is 4. The Balaban J connectivity index is 1.78. The summed E-state index contributed by atoms with van der Waals surface area (Å²) in [5, 5.41) is 0.672. The minimum atomic E-state index is -0.440. The fourth-order valence-corrected chi connectivity index (χ4v) is 2.57. The van der Waals surface area contributed by atoms with Gasteiger partial charge in [0.2, 0.25) is 0 Å². The van der Waals surface area contributed by atoms with Crippen LogP contribution in [0.1, 0.15) is 21.5 Å². The van der Waals surface area contributed by atoms with E-state index in [0.29, 0.717) is 22.1 Å². The number of ether oxygens (including phenoxy) is 2. The first kappa shape index (κ1) is 18.7. The molecule has 0 aliphatic rings. The quantitative estimate of drug-likeness (QED) is 0.328. The topological polar surface area (TPSA) is 47.9 Å². The standard InChI is InChI=1S/C22H18ClNO3/c1-15-8-10-18(13-19(15)23)24-14-16-9-11-20(21(12-16)26-2)27-22(25)17-6-4-3-5-7-17/h3-14H,1-2H3. The largest absolute Gasteiger partial charge is 0.493 e. The van der Waals surface area contributed by atoms with Gasteiger partial charge in [-0.3, -0.25) is 4.99 Å². The Morgan fingerprint density at radius 1 is 1.00 bits per heavy atom. The fourth-order valence-electron chi connectivity index (χ4n) is 2.39. The molecule has 0 bridgehead atoms. The molecule has 0 amide bonds. The van der Waals surface area contributed by atoms with Crippen LogP contribution in [0.5, 0.6) is 11.5 Å². The Labute approximate surface area is 163 Å². The summed E-state index contributed by atoms with van der Waals surface area (Å²) in [6, 6.07) is 19.7. The van der Waals surface area contributed by atoms with Gasteiger partial charge in [0.1, 0.15) is 0 Å². The molecule has 0 heterocycles. The van der Waals surface area contributed by atoms with Gasteiger partial charge < -0.3 is 9.47 Å². The molecular weight excluding hydrogens is 362 g/mol. The van der Waals surface area contributed by atoms with Crippen molar-refractivity contribution in [3.8, 4) is 11.5 Å². The molecular formula is C22H18ClNO3. The Kier molecular flexibility index (Phi) is 5.89. The van der Waals surface area contributed by atoms with E-state index in [-0.39, 0.29) is 0 Å². The third kappa shape index (κ3) is 4.74. The van der Waals surface area contributed by atoms with Crippen molar-refractivity contribution < 1.29 is 14.3 Å². The normalized spacial score (nSPS) is 10.8. The average molecular weight is 380 g/mol.